The number of hydrogen-bond donors (Lipinski definition) is 0. The number of rotatable bonds is 5. The van der Waals surface area contributed by atoms with Crippen molar-refractivity contribution < 1.29 is 19.1 Å². The van der Waals surface area contributed by atoms with Crippen molar-refractivity contribution in [1.29, 1.82) is 0 Å². The average Bonchev–Trinajstić information content (AvgIpc) is 2.53. The van der Waals surface area contributed by atoms with E-state index < -0.39 is 11.9 Å². The van der Waals surface area contributed by atoms with E-state index in [0.717, 1.165) is 12.8 Å². The number of ether oxygens (including phenoxy) is 2. The van der Waals surface area contributed by atoms with Gasteiger partial charge in [0.1, 0.15) is 11.9 Å². The summed E-state index contributed by atoms with van der Waals surface area (Å²) in [5, 5.41) is 0. The lowest BCUT2D eigenvalue weighted by Crippen LogP contribution is -2.26. The fourth-order valence-electron chi connectivity index (χ4n) is 2.84. The van der Waals surface area contributed by atoms with Crippen LogP contribution in [0.2, 0.25) is 0 Å². The van der Waals surface area contributed by atoms with Gasteiger partial charge in [-0.3, -0.25) is 4.79 Å². The van der Waals surface area contributed by atoms with Crippen LogP contribution in [0.25, 0.3) is 0 Å². The maximum Gasteiger partial charge on any atom is 0.338 e. The average molecular weight is 302 g/mol. The largest absolute Gasteiger partial charge is 0.454 e. The van der Waals surface area contributed by atoms with E-state index in [2.05, 4.69) is 6.58 Å². The summed E-state index contributed by atoms with van der Waals surface area (Å²) in [5.74, 6) is -0.136. The molecule has 0 heterocycles. The molecule has 0 unspecified atom stereocenters. The van der Waals surface area contributed by atoms with Crippen LogP contribution in [0, 0.1) is 5.92 Å². The van der Waals surface area contributed by atoms with Gasteiger partial charge in [0.25, 0.3) is 0 Å². The molecule has 0 amide bonds. The minimum atomic E-state index is -0.420. The molecule has 4 heteroatoms. The highest BCUT2D eigenvalue weighted by molar-refractivity contribution is 5.90. The summed E-state index contributed by atoms with van der Waals surface area (Å²) in [6.45, 7) is 5.11. The van der Waals surface area contributed by atoms with Gasteiger partial charge in [-0.05, 0) is 37.0 Å². The first-order valence-corrected chi connectivity index (χ1v) is 7.72. The van der Waals surface area contributed by atoms with Gasteiger partial charge < -0.3 is 9.47 Å². The molecule has 0 saturated heterocycles. The maximum atomic E-state index is 12.3. The van der Waals surface area contributed by atoms with E-state index in [1.54, 1.807) is 24.3 Å². The molecule has 0 aliphatic heterocycles. The molecule has 0 bridgehead atoms. The predicted molar refractivity (Wildman–Crippen MR) is 83.7 cm³/mol. The van der Waals surface area contributed by atoms with Gasteiger partial charge in [0.2, 0.25) is 0 Å². The van der Waals surface area contributed by atoms with Gasteiger partial charge in [-0.2, -0.15) is 0 Å². The number of carbonyl (C=O) groups is 2. The summed E-state index contributed by atoms with van der Waals surface area (Å²) < 4.78 is 10.6. The molecule has 0 radical (unpaired) electrons. The molecule has 1 atom stereocenters. The third-order valence-corrected chi connectivity index (χ3v) is 3.92. The van der Waals surface area contributed by atoms with Crippen molar-refractivity contribution >= 4 is 11.9 Å². The van der Waals surface area contributed by atoms with E-state index in [0.29, 0.717) is 17.2 Å². The molecule has 0 spiro atoms. The highest BCUT2D eigenvalue weighted by atomic mass is 16.5. The lowest BCUT2D eigenvalue weighted by Gasteiger charge is -2.27. The molecule has 1 aliphatic rings. The van der Waals surface area contributed by atoms with Crippen molar-refractivity contribution in [2.75, 3.05) is 0 Å². The molecule has 1 saturated carbocycles. The summed E-state index contributed by atoms with van der Waals surface area (Å²) >= 11 is 0. The standard InChI is InChI=1S/C18H22O4/c1-3-17(14-8-5-4-6-9-14)22-18(20)15-10-7-11-16(12-15)21-13(2)19/h3,7,10-12,14,17H,1,4-6,8-9H2,2H3/t17-/m1/s1. The van der Waals surface area contributed by atoms with Crippen LogP contribution in [0.1, 0.15) is 49.4 Å². The monoisotopic (exact) mass is 302 g/mol. The van der Waals surface area contributed by atoms with E-state index in [1.807, 2.05) is 0 Å². The van der Waals surface area contributed by atoms with Crippen LogP contribution in [0.15, 0.2) is 36.9 Å². The first-order valence-electron chi connectivity index (χ1n) is 7.72. The summed E-state index contributed by atoms with van der Waals surface area (Å²) in [4.78, 5) is 23.3. The molecule has 1 fully saturated rings. The quantitative estimate of drug-likeness (QED) is 0.470. The fourth-order valence-corrected chi connectivity index (χ4v) is 2.84. The van der Waals surface area contributed by atoms with E-state index >= 15 is 0 Å². The first kappa shape index (κ1) is 16.3. The van der Waals surface area contributed by atoms with Crippen molar-refractivity contribution in [3.8, 4) is 5.75 Å². The topological polar surface area (TPSA) is 52.6 Å². The molecule has 22 heavy (non-hydrogen) atoms. The second-order valence-corrected chi connectivity index (χ2v) is 5.63. The molecular formula is C18H22O4. The van der Waals surface area contributed by atoms with Crippen LogP contribution in [0.3, 0.4) is 0 Å². The minimum Gasteiger partial charge on any atom is -0.454 e. The molecule has 4 nitrogen and oxygen atoms in total. The summed E-state index contributed by atoms with van der Waals surface area (Å²) in [6, 6.07) is 6.46. The van der Waals surface area contributed by atoms with Crippen LogP contribution in [0.5, 0.6) is 5.75 Å². The normalized spacial score (nSPS) is 16.6. The third-order valence-electron chi connectivity index (χ3n) is 3.92. The summed E-state index contributed by atoms with van der Waals surface area (Å²) in [5.41, 5.74) is 0.376. The van der Waals surface area contributed by atoms with E-state index in [4.69, 9.17) is 9.47 Å². The Morgan fingerprint density at radius 2 is 2.00 bits per heavy atom. The van der Waals surface area contributed by atoms with E-state index in [9.17, 15) is 9.59 Å². The van der Waals surface area contributed by atoms with E-state index in [-0.39, 0.29) is 6.10 Å². The zero-order valence-electron chi connectivity index (χ0n) is 12.9. The van der Waals surface area contributed by atoms with Gasteiger partial charge in [0.05, 0.1) is 5.56 Å². The van der Waals surface area contributed by atoms with Gasteiger partial charge in [-0.1, -0.05) is 38.0 Å². The molecule has 1 aromatic carbocycles. The third kappa shape index (κ3) is 4.45. The molecule has 1 aliphatic carbocycles. The first-order chi connectivity index (χ1) is 10.6. The highest BCUT2D eigenvalue weighted by Crippen LogP contribution is 2.29. The molecule has 118 valence electrons. The predicted octanol–water partition coefficient (Wildman–Crippen LogP) is 3.90. The van der Waals surface area contributed by atoms with Crippen molar-refractivity contribution in [1.82, 2.24) is 0 Å². The van der Waals surface area contributed by atoms with Gasteiger partial charge in [0.15, 0.2) is 0 Å². The Balaban J connectivity index is 2.03. The lowest BCUT2D eigenvalue weighted by molar-refractivity contribution is -0.131. The number of benzene rings is 1. The number of carbonyl (C=O) groups excluding carboxylic acids is 2. The van der Waals surface area contributed by atoms with Crippen molar-refractivity contribution in [3.63, 3.8) is 0 Å². The SMILES string of the molecule is C=C[C@@H](OC(=O)c1cccc(OC(C)=O)c1)C1CCCCC1. The smallest absolute Gasteiger partial charge is 0.338 e. The maximum absolute atomic E-state index is 12.3. The van der Waals surface area contributed by atoms with Gasteiger partial charge >= 0.3 is 11.9 Å². The minimum absolute atomic E-state index is 0.259. The Bertz CT molecular complexity index is 544. The number of hydrogen-bond acceptors (Lipinski definition) is 4. The molecule has 0 N–H and O–H groups in total. The summed E-state index contributed by atoms with van der Waals surface area (Å²) in [6.07, 6.45) is 7.19. The number of esters is 2. The van der Waals surface area contributed by atoms with Gasteiger partial charge in [-0.25, -0.2) is 4.79 Å². The van der Waals surface area contributed by atoms with Gasteiger partial charge in [-0.15, -0.1) is 0 Å². The zero-order valence-corrected chi connectivity index (χ0v) is 12.9. The highest BCUT2D eigenvalue weighted by Gasteiger charge is 2.25. The second-order valence-electron chi connectivity index (χ2n) is 5.63. The Kier molecular flexibility index (Phi) is 5.75. The van der Waals surface area contributed by atoms with Crippen molar-refractivity contribution in [3.05, 3.63) is 42.5 Å². The van der Waals surface area contributed by atoms with Crippen LogP contribution >= 0.6 is 0 Å². The Morgan fingerprint density at radius 3 is 2.64 bits per heavy atom. The van der Waals surface area contributed by atoms with Gasteiger partial charge in [0, 0.05) is 6.92 Å². The molecular weight excluding hydrogens is 280 g/mol. The Labute approximate surface area is 131 Å². The molecule has 1 aromatic rings. The van der Waals surface area contributed by atoms with Crippen molar-refractivity contribution in [2.45, 2.75) is 45.1 Å². The van der Waals surface area contributed by atoms with Crippen LogP contribution < -0.4 is 4.74 Å². The summed E-state index contributed by atoms with van der Waals surface area (Å²) in [7, 11) is 0. The van der Waals surface area contributed by atoms with Crippen LogP contribution in [0.4, 0.5) is 0 Å². The lowest BCUT2D eigenvalue weighted by atomic mass is 9.85. The Morgan fingerprint density at radius 1 is 1.27 bits per heavy atom. The fraction of sp³-hybridized carbons (Fsp3) is 0.444. The van der Waals surface area contributed by atoms with E-state index in [1.165, 1.54) is 32.3 Å². The molecule has 0 aromatic heterocycles. The second kappa shape index (κ2) is 7.78. The van der Waals surface area contributed by atoms with Crippen LogP contribution in [-0.4, -0.2) is 18.0 Å². The Hall–Kier alpha value is -2.10. The molecule has 2 rings (SSSR count). The zero-order chi connectivity index (χ0) is 15.9. The van der Waals surface area contributed by atoms with Crippen molar-refractivity contribution in [2.24, 2.45) is 5.92 Å². The van der Waals surface area contributed by atoms with Crippen LogP contribution in [-0.2, 0) is 9.53 Å².